The molecule has 1 atom stereocenters. The molecule has 2 aliphatic rings. The highest BCUT2D eigenvalue weighted by Gasteiger charge is 2.28. The minimum absolute atomic E-state index is 0.209. The maximum Gasteiger partial charge on any atom is 0.409 e. The molecule has 8 heteroatoms. The van der Waals surface area contributed by atoms with Crippen molar-refractivity contribution < 1.29 is 14.3 Å². The zero-order valence-electron chi connectivity index (χ0n) is 17.3. The van der Waals surface area contributed by atoms with Crippen molar-refractivity contribution in [1.29, 1.82) is 5.26 Å². The van der Waals surface area contributed by atoms with E-state index in [9.17, 15) is 14.9 Å². The highest BCUT2D eigenvalue weighted by atomic mass is 32.1. The van der Waals surface area contributed by atoms with Gasteiger partial charge in [0.1, 0.15) is 11.1 Å². The van der Waals surface area contributed by atoms with Crippen LogP contribution in [0.2, 0.25) is 0 Å². The number of carbonyl (C=O) groups excluding carboxylic acids is 2. The number of nitrogens with zero attached hydrogens (tertiary/aromatic N) is 2. The van der Waals surface area contributed by atoms with Crippen molar-refractivity contribution in [3.05, 3.63) is 44.5 Å². The average Bonchev–Trinajstić information content (AvgIpc) is 3.43. The fraction of sp³-hybridized carbons (Fsp3) is 0.435. The van der Waals surface area contributed by atoms with Gasteiger partial charge in [0.05, 0.1) is 12.2 Å². The minimum atomic E-state index is -0.242. The smallest absolute Gasteiger partial charge is 0.409 e. The Morgan fingerprint density at radius 3 is 2.90 bits per heavy atom. The van der Waals surface area contributed by atoms with E-state index in [1.807, 2.05) is 16.8 Å². The number of thiophene rings is 2. The highest BCUT2D eigenvalue weighted by Crippen LogP contribution is 2.39. The molecule has 0 radical (unpaired) electrons. The number of anilines is 1. The van der Waals surface area contributed by atoms with E-state index < -0.39 is 0 Å². The van der Waals surface area contributed by atoms with E-state index >= 15 is 0 Å². The van der Waals surface area contributed by atoms with Gasteiger partial charge in [-0.2, -0.15) is 16.6 Å². The third-order valence-corrected chi connectivity index (χ3v) is 7.61. The summed E-state index contributed by atoms with van der Waals surface area (Å²) in [6, 6.07) is 4.21. The molecule has 2 aromatic heterocycles. The molecule has 0 bridgehead atoms. The van der Waals surface area contributed by atoms with Crippen molar-refractivity contribution in [2.75, 3.05) is 25.0 Å². The Bertz CT molecular complexity index is 998. The summed E-state index contributed by atoms with van der Waals surface area (Å²) in [4.78, 5) is 27.5. The molecule has 2 amide bonds. The fourth-order valence-corrected chi connectivity index (χ4v) is 6.00. The van der Waals surface area contributed by atoms with Crippen LogP contribution in [0.25, 0.3) is 6.08 Å². The SMILES string of the molecule is N#Cc1c(NC(=O)/C=C/c2ccsc2)sc2c1CCC(COC(=O)N1CCCCC1)C2. The minimum Gasteiger partial charge on any atom is -0.449 e. The molecule has 1 unspecified atom stereocenters. The number of hydrogen-bond acceptors (Lipinski definition) is 6. The van der Waals surface area contributed by atoms with E-state index in [-0.39, 0.29) is 17.9 Å². The fourth-order valence-electron chi connectivity index (χ4n) is 4.06. The maximum absolute atomic E-state index is 12.3. The van der Waals surface area contributed by atoms with Gasteiger partial charge in [-0.25, -0.2) is 4.79 Å². The van der Waals surface area contributed by atoms with Crippen molar-refractivity contribution >= 4 is 45.8 Å². The van der Waals surface area contributed by atoms with Crippen LogP contribution in [-0.4, -0.2) is 36.6 Å². The van der Waals surface area contributed by atoms with Crippen LogP contribution in [0.1, 0.15) is 47.3 Å². The van der Waals surface area contributed by atoms with Crippen LogP contribution in [0, 0.1) is 17.2 Å². The van der Waals surface area contributed by atoms with Crippen molar-refractivity contribution in [3.8, 4) is 6.07 Å². The lowest BCUT2D eigenvalue weighted by atomic mass is 9.88. The molecular weight excluding hydrogens is 430 g/mol. The van der Waals surface area contributed by atoms with Crippen LogP contribution >= 0.6 is 22.7 Å². The molecule has 4 rings (SSSR count). The average molecular weight is 456 g/mol. The summed E-state index contributed by atoms with van der Waals surface area (Å²) in [5.74, 6) is 0.00165. The zero-order chi connectivity index (χ0) is 21.6. The van der Waals surface area contributed by atoms with E-state index in [0.717, 1.165) is 61.2 Å². The molecule has 0 aromatic carbocycles. The predicted molar refractivity (Wildman–Crippen MR) is 123 cm³/mol. The molecule has 0 saturated carbocycles. The maximum atomic E-state index is 12.3. The summed E-state index contributed by atoms with van der Waals surface area (Å²) >= 11 is 3.04. The van der Waals surface area contributed by atoms with E-state index in [1.54, 1.807) is 22.3 Å². The third-order valence-electron chi connectivity index (χ3n) is 5.74. The van der Waals surface area contributed by atoms with Crippen LogP contribution in [0.15, 0.2) is 22.9 Å². The van der Waals surface area contributed by atoms with Gasteiger partial charge in [0.2, 0.25) is 5.91 Å². The Morgan fingerprint density at radius 2 is 2.16 bits per heavy atom. The van der Waals surface area contributed by atoms with Gasteiger partial charge >= 0.3 is 6.09 Å². The van der Waals surface area contributed by atoms with Crippen LogP contribution in [0.5, 0.6) is 0 Å². The van der Waals surface area contributed by atoms with Gasteiger partial charge < -0.3 is 15.0 Å². The second-order valence-electron chi connectivity index (χ2n) is 7.93. The number of hydrogen-bond donors (Lipinski definition) is 1. The van der Waals surface area contributed by atoms with E-state index in [0.29, 0.717) is 17.2 Å². The third kappa shape index (κ3) is 5.35. The lowest BCUT2D eigenvalue weighted by Gasteiger charge is -2.27. The number of fused-ring (bicyclic) bond motifs is 1. The summed E-state index contributed by atoms with van der Waals surface area (Å²) in [6.45, 7) is 1.97. The second-order valence-corrected chi connectivity index (χ2v) is 9.82. The van der Waals surface area contributed by atoms with Crippen molar-refractivity contribution in [3.63, 3.8) is 0 Å². The number of nitriles is 1. The van der Waals surface area contributed by atoms with Gasteiger partial charge in [-0.05, 0) is 78.5 Å². The molecule has 6 nitrogen and oxygen atoms in total. The second kappa shape index (κ2) is 10.1. The van der Waals surface area contributed by atoms with Crippen LogP contribution in [0.3, 0.4) is 0 Å². The normalized spacial score (nSPS) is 18.4. The number of rotatable bonds is 5. The molecule has 1 N–H and O–H groups in total. The highest BCUT2D eigenvalue weighted by molar-refractivity contribution is 7.16. The van der Waals surface area contributed by atoms with Crippen LogP contribution in [0.4, 0.5) is 9.80 Å². The first-order valence-corrected chi connectivity index (χ1v) is 12.4. The lowest BCUT2D eigenvalue weighted by molar-refractivity contribution is -0.111. The van der Waals surface area contributed by atoms with Crippen molar-refractivity contribution in [2.24, 2.45) is 5.92 Å². The zero-order valence-corrected chi connectivity index (χ0v) is 18.9. The topological polar surface area (TPSA) is 82.4 Å². The Kier molecular flexibility index (Phi) is 7.05. The van der Waals surface area contributed by atoms with Crippen LogP contribution in [-0.2, 0) is 22.4 Å². The molecule has 1 saturated heterocycles. The van der Waals surface area contributed by atoms with Gasteiger partial charge in [-0.1, -0.05) is 0 Å². The molecule has 2 aromatic rings. The van der Waals surface area contributed by atoms with Gasteiger partial charge in [0.25, 0.3) is 0 Å². The van der Waals surface area contributed by atoms with Gasteiger partial charge in [0, 0.05) is 24.0 Å². The Morgan fingerprint density at radius 1 is 1.32 bits per heavy atom. The monoisotopic (exact) mass is 455 g/mol. The van der Waals surface area contributed by atoms with Crippen molar-refractivity contribution in [1.82, 2.24) is 4.90 Å². The number of likely N-dealkylation sites (tertiary alicyclic amines) is 1. The molecule has 162 valence electrons. The number of ether oxygens (including phenoxy) is 1. The number of amides is 2. The summed E-state index contributed by atoms with van der Waals surface area (Å²) in [7, 11) is 0. The molecule has 1 fully saturated rings. The lowest BCUT2D eigenvalue weighted by Crippen LogP contribution is -2.37. The standard InChI is InChI=1S/C23H25N3O3S2/c24-13-19-18-6-4-17(14-29-23(28)26-9-2-1-3-10-26)12-20(18)31-22(19)25-21(27)7-5-16-8-11-30-15-16/h5,7-8,11,15,17H,1-4,6,9-10,12,14H2,(H,25,27)/b7-5+. The molecule has 1 aliphatic heterocycles. The number of carbonyl (C=O) groups is 2. The van der Waals surface area contributed by atoms with Gasteiger partial charge in [-0.3, -0.25) is 4.79 Å². The van der Waals surface area contributed by atoms with E-state index in [4.69, 9.17) is 4.74 Å². The summed E-state index contributed by atoms with van der Waals surface area (Å²) in [6.07, 6.45) is 8.72. The Labute approximate surface area is 190 Å². The van der Waals surface area contributed by atoms with Crippen LogP contribution < -0.4 is 5.32 Å². The molecule has 31 heavy (non-hydrogen) atoms. The van der Waals surface area contributed by atoms with E-state index in [1.165, 1.54) is 23.8 Å². The first kappa shape index (κ1) is 21.6. The number of nitrogens with one attached hydrogen (secondary N) is 1. The first-order valence-electron chi connectivity index (χ1n) is 10.6. The molecule has 1 aliphatic carbocycles. The summed E-state index contributed by atoms with van der Waals surface area (Å²) in [5, 5.41) is 17.1. The summed E-state index contributed by atoms with van der Waals surface area (Å²) < 4.78 is 5.58. The molecule has 3 heterocycles. The Hall–Kier alpha value is -2.63. The number of piperidine rings is 1. The van der Waals surface area contributed by atoms with E-state index in [2.05, 4.69) is 11.4 Å². The summed E-state index contributed by atoms with van der Waals surface area (Å²) in [5.41, 5.74) is 2.58. The Balaban J connectivity index is 1.36. The molecule has 0 spiro atoms. The predicted octanol–water partition coefficient (Wildman–Crippen LogP) is 5.06. The van der Waals surface area contributed by atoms with Crippen molar-refractivity contribution in [2.45, 2.75) is 38.5 Å². The first-order chi connectivity index (χ1) is 15.1. The van der Waals surface area contributed by atoms with Gasteiger partial charge in [0.15, 0.2) is 0 Å². The quantitative estimate of drug-likeness (QED) is 0.639. The largest absolute Gasteiger partial charge is 0.449 e. The molecular formula is C23H25N3O3S2. The van der Waals surface area contributed by atoms with Gasteiger partial charge in [-0.15, -0.1) is 11.3 Å².